The molecule has 0 saturated heterocycles. The normalized spacial score (nSPS) is 15.2. The molecule has 0 aromatic carbocycles. The molecule has 0 aliphatic carbocycles. The van der Waals surface area contributed by atoms with Crippen molar-refractivity contribution in [2.45, 2.75) is 60.0 Å². The molecule has 1 amide bonds. The van der Waals surface area contributed by atoms with Crippen LogP contribution in [0.25, 0.3) is 0 Å². The van der Waals surface area contributed by atoms with Gasteiger partial charge in [0.1, 0.15) is 0 Å². The Morgan fingerprint density at radius 1 is 1.06 bits per heavy atom. The molecule has 0 aliphatic rings. The fraction of sp³-hybridized carbons (Fsp3) is 0.923. The quantitative estimate of drug-likeness (QED) is 0.701. The standard InChI is InChI=1S/C13H28N2O/c1-7-12(10(4)5)14-8-13(16)15-11(6)9(2)3/h9-12,14H,7-8H2,1-6H3,(H,15,16). The molecule has 16 heavy (non-hydrogen) atoms. The first-order valence-electron chi connectivity index (χ1n) is 6.41. The number of carbonyl (C=O) groups is 1. The van der Waals surface area contributed by atoms with E-state index in [9.17, 15) is 4.79 Å². The Hall–Kier alpha value is -0.570. The summed E-state index contributed by atoms with van der Waals surface area (Å²) in [7, 11) is 0. The zero-order chi connectivity index (χ0) is 12.7. The lowest BCUT2D eigenvalue weighted by molar-refractivity contribution is -0.121. The highest BCUT2D eigenvalue weighted by Crippen LogP contribution is 2.04. The van der Waals surface area contributed by atoms with E-state index in [2.05, 4.69) is 45.3 Å². The van der Waals surface area contributed by atoms with Crippen LogP contribution in [0.1, 0.15) is 48.0 Å². The highest BCUT2D eigenvalue weighted by molar-refractivity contribution is 5.78. The maximum Gasteiger partial charge on any atom is 0.234 e. The van der Waals surface area contributed by atoms with E-state index in [4.69, 9.17) is 0 Å². The van der Waals surface area contributed by atoms with Crippen LogP contribution in [0, 0.1) is 11.8 Å². The number of hydrogen-bond acceptors (Lipinski definition) is 2. The molecule has 0 fully saturated rings. The lowest BCUT2D eigenvalue weighted by Crippen LogP contribution is -2.44. The third-order valence-corrected chi connectivity index (χ3v) is 3.16. The summed E-state index contributed by atoms with van der Waals surface area (Å²) >= 11 is 0. The summed E-state index contributed by atoms with van der Waals surface area (Å²) in [6, 6.07) is 0.675. The Balaban J connectivity index is 3.88. The van der Waals surface area contributed by atoms with Gasteiger partial charge in [0.2, 0.25) is 5.91 Å². The predicted molar refractivity (Wildman–Crippen MR) is 69.4 cm³/mol. The van der Waals surface area contributed by atoms with Crippen molar-refractivity contribution in [1.82, 2.24) is 10.6 Å². The second-order valence-corrected chi connectivity index (χ2v) is 5.24. The van der Waals surface area contributed by atoms with Gasteiger partial charge in [0.25, 0.3) is 0 Å². The molecular weight excluding hydrogens is 200 g/mol. The van der Waals surface area contributed by atoms with Crippen LogP contribution in [0.15, 0.2) is 0 Å². The first kappa shape index (κ1) is 15.4. The molecule has 0 aliphatic heterocycles. The van der Waals surface area contributed by atoms with Crippen molar-refractivity contribution in [2.24, 2.45) is 11.8 Å². The van der Waals surface area contributed by atoms with Crippen LogP contribution in [0.3, 0.4) is 0 Å². The minimum absolute atomic E-state index is 0.0975. The van der Waals surface area contributed by atoms with Crippen LogP contribution in [0.5, 0.6) is 0 Å². The van der Waals surface area contributed by atoms with Crippen molar-refractivity contribution in [2.75, 3.05) is 6.54 Å². The summed E-state index contributed by atoms with van der Waals surface area (Å²) in [6.07, 6.45) is 1.06. The van der Waals surface area contributed by atoms with Gasteiger partial charge in [-0.05, 0) is 25.2 Å². The van der Waals surface area contributed by atoms with Gasteiger partial charge in [0.05, 0.1) is 6.54 Å². The zero-order valence-electron chi connectivity index (χ0n) is 11.6. The van der Waals surface area contributed by atoms with Gasteiger partial charge >= 0.3 is 0 Å². The summed E-state index contributed by atoms with van der Waals surface area (Å²) in [4.78, 5) is 11.6. The Labute approximate surface area is 100 Å². The average Bonchev–Trinajstić information content (AvgIpc) is 2.17. The number of amides is 1. The van der Waals surface area contributed by atoms with Gasteiger partial charge in [0.15, 0.2) is 0 Å². The number of nitrogens with one attached hydrogen (secondary N) is 2. The molecule has 96 valence electrons. The van der Waals surface area contributed by atoms with E-state index >= 15 is 0 Å². The third kappa shape index (κ3) is 6.11. The minimum atomic E-state index is 0.0975. The Morgan fingerprint density at radius 2 is 1.62 bits per heavy atom. The summed E-state index contributed by atoms with van der Waals surface area (Å²) in [6.45, 7) is 13.2. The number of carbonyl (C=O) groups excluding carboxylic acids is 1. The highest BCUT2D eigenvalue weighted by Gasteiger charge is 2.14. The molecule has 0 aromatic heterocycles. The second-order valence-electron chi connectivity index (χ2n) is 5.24. The van der Waals surface area contributed by atoms with Crippen molar-refractivity contribution in [1.29, 1.82) is 0 Å². The fourth-order valence-corrected chi connectivity index (χ4v) is 1.55. The second kappa shape index (κ2) is 7.66. The van der Waals surface area contributed by atoms with Gasteiger partial charge in [-0.15, -0.1) is 0 Å². The smallest absolute Gasteiger partial charge is 0.234 e. The van der Waals surface area contributed by atoms with E-state index in [0.29, 0.717) is 24.4 Å². The van der Waals surface area contributed by atoms with Gasteiger partial charge in [-0.3, -0.25) is 4.79 Å². The molecule has 0 heterocycles. The summed E-state index contributed by atoms with van der Waals surface area (Å²) in [5, 5.41) is 6.30. The van der Waals surface area contributed by atoms with Gasteiger partial charge in [0, 0.05) is 12.1 Å². The van der Waals surface area contributed by atoms with E-state index in [1.54, 1.807) is 0 Å². The molecule has 2 atom stereocenters. The SMILES string of the molecule is CCC(NCC(=O)NC(C)C(C)C)C(C)C. The molecule has 0 saturated carbocycles. The van der Waals surface area contributed by atoms with E-state index in [0.717, 1.165) is 6.42 Å². The fourth-order valence-electron chi connectivity index (χ4n) is 1.55. The van der Waals surface area contributed by atoms with E-state index in [1.165, 1.54) is 0 Å². The minimum Gasteiger partial charge on any atom is -0.352 e. The molecule has 0 aromatic rings. The molecule has 0 radical (unpaired) electrons. The zero-order valence-corrected chi connectivity index (χ0v) is 11.6. The van der Waals surface area contributed by atoms with Crippen LogP contribution in [-0.4, -0.2) is 24.5 Å². The first-order valence-corrected chi connectivity index (χ1v) is 6.41. The average molecular weight is 228 g/mol. The van der Waals surface area contributed by atoms with Gasteiger partial charge < -0.3 is 10.6 Å². The van der Waals surface area contributed by atoms with Crippen molar-refractivity contribution < 1.29 is 4.79 Å². The molecular formula is C13H28N2O. The van der Waals surface area contributed by atoms with Gasteiger partial charge in [-0.2, -0.15) is 0 Å². The topological polar surface area (TPSA) is 41.1 Å². The van der Waals surface area contributed by atoms with Crippen LogP contribution < -0.4 is 10.6 Å². The van der Waals surface area contributed by atoms with Crippen molar-refractivity contribution in [3.8, 4) is 0 Å². The van der Waals surface area contributed by atoms with E-state index < -0.39 is 0 Å². The summed E-state index contributed by atoms with van der Waals surface area (Å²) in [5.74, 6) is 1.15. The monoisotopic (exact) mass is 228 g/mol. The summed E-state index contributed by atoms with van der Waals surface area (Å²) < 4.78 is 0. The Kier molecular flexibility index (Phi) is 7.39. The lowest BCUT2D eigenvalue weighted by Gasteiger charge is -2.22. The molecule has 0 spiro atoms. The summed E-state index contributed by atoms with van der Waals surface area (Å²) in [5.41, 5.74) is 0. The molecule has 2 unspecified atom stereocenters. The van der Waals surface area contributed by atoms with Crippen molar-refractivity contribution >= 4 is 5.91 Å². The number of hydrogen-bond donors (Lipinski definition) is 2. The van der Waals surface area contributed by atoms with Crippen LogP contribution in [0.2, 0.25) is 0 Å². The van der Waals surface area contributed by atoms with Crippen molar-refractivity contribution in [3.63, 3.8) is 0 Å². The third-order valence-electron chi connectivity index (χ3n) is 3.16. The Morgan fingerprint density at radius 3 is 2.00 bits per heavy atom. The van der Waals surface area contributed by atoms with Crippen molar-refractivity contribution in [3.05, 3.63) is 0 Å². The molecule has 3 nitrogen and oxygen atoms in total. The van der Waals surface area contributed by atoms with Gasteiger partial charge in [-0.1, -0.05) is 34.6 Å². The van der Waals surface area contributed by atoms with Gasteiger partial charge in [-0.25, -0.2) is 0 Å². The molecule has 0 rings (SSSR count). The maximum absolute atomic E-state index is 11.6. The predicted octanol–water partition coefficient (Wildman–Crippen LogP) is 2.17. The van der Waals surface area contributed by atoms with E-state index in [1.807, 2.05) is 6.92 Å². The molecule has 0 bridgehead atoms. The Bertz CT molecular complexity index is 202. The van der Waals surface area contributed by atoms with Crippen LogP contribution >= 0.6 is 0 Å². The maximum atomic E-state index is 11.6. The molecule has 3 heteroatoms. The lowest BCUT2D eigenvalue weighted by atomic mass is 10.0. The molecule has 2 N–H and O–H groups in total. The first-order chi connectivity index (χ1) is 7.38. The van der Waals surface area contributed by atoms with E-state index in [-0.39, 0.29) is 11.9 Å². The van der Waals surface area contributed by atoms with Crippen LogP contribution in [0.4, 0.5) is 0 Å². The number of rotatable bonds is 7. The largest absolute Gasteiger partial charge is 0.352 e. The van der Waals surface area contributed by atoms with Crippen LogP contribution in [-0.2, 0) is 4.79 Å². The highest BCUT2D eigenvalue weighted by atomic mass is 16.1.